The van der Waals surface area contributed by atoms with Crippen LogP contribution in [0.5, 0.6) is 0 Å². The molecule has 2 heteroatoms. The largest absolute Gasteiger partial charge is 0.253 e. The van der Waals surface area contributed by atoms with Crippen LogP contribution < -0.4 is 0 Å². The molecule has 0 N–H and O–H groups in total. The van der Waals surface area contributed by atoms with Crippen molar-refractivity contribution < 1.29 is 4.39 Å². The van der Waals surface area contributed by atoms with Gasteiger partial charge < -0.3 is 0 Å². The van der Waals surface area contributed by atoms with Crippen molar-refractivity contribution in [1.29, 1.82) is 0 Å². The van der Waals surface area contributed by atoms with Crippen molar-refractivity contribution >= 4 is 21.7 Å². The zero-order chi connectivity index (χ0) is 10.3. The predicted molar refractivity (Wildman–Crippen MR) is 59.2 cm³/mol. The molecule has 0 fully saturated rings. The van der Waals surface area contributed by atoms with Gasteiger partial charge in [-0.25, -0.2) is 4.39 Å². The Hall–Kier alpha value is -1.96. The minimum Gasteiger partial charge on any atom is -0.253 e. The fourth-order valence-corrected chi connectivity index (χ4v) is 1.85. The van der Waals surface area contributed by atoms with Crippen molar-refractivity contribution in [3.63, 3.8) is 0 Å². The first-order valence-corrected chi connectivity index (χ1v) is 4.78. The molecule has 0 aliphatic carbocycles. The average molecular weight is 197 g/mol. The highest BCUT2D eigenvalue weighted by Gasteiger charge is 2.04. The molecule has 0 aliphatic heterocycles. The summed E-state index contributed by atoms with van der Waals surface area (Å²) >= 11 is 0. The summed E-state index contributed by atoms with van der Waals surface area (Å²) in [6.07, 6.45) is 1.71. The molecule has 0 atom stereocenters. The van der Waals surface area contributed by atoms with Gasteiger partial charge in [0.1, 0.15) is 11.3 Å². The van der Waals surface area contributed by atoms with Crippen molar-refractivity contribution in [1.82, 2.24) is 4.98 Å². The molecule has 0 aliphatic rings. The summed E-state index contributed by atoms with van der Waals surface area (Å²) in [5.74, 6) is -0.266. The van der Waals surface area contributed by atoms with E-state index in [9.17, 15) is 4.39 Å². The molecule has 3 aromatic rings. The molecule has 0 saturated heterocycles. The molecule has 15 heavy (non-hydrogen) atoms. The predicted octanol–water partition coefficient (Wildman–Crippen LogP) is 3.53. The number of fused-ring (bicyclic) bond motifs is 3. The van der Waals surface area contributed by atoms with Crippen LogP contribution in [0, 0.1) is 5.82 Å². The maximum atomic E-state index is 13.5. The van der Waals surface area contributed by atoms with E-state index in [2.05, 4.69) is 4.98 Å². The number of benzene rings is 2. The van der Waals surface area contributed by atoms with Gasteiger partial charge in [-0.15, -0.1) is 0 Å². The summed E-state index contributed by atoms with van der Waals surface area (Å²) in [7, 11) is 0. The lowest BCUT2D eigenvalue weighted by atomic mass is 10.1. The van der Waals surface area contributed by atoms with E-state index in [1.807, 2.05) is 30.3 Å². The van der Waals surface area contributed by atoms with Crippen molar-refractivity contribution in [3.05, 3.63) is 54.5 Å². The summed E-state index contributed by atoms with van der Waals surface area (Å²) in [6.45, 7) is 0. The maximum absolute atomic E-state index is 13.5. The lowest BCUT2D eigenvalue weighted by Gasteiger charge is -2.02. The highest BCUT2D eigenvalue weighted by molar-refractivity contribution is 6.05. The highest BCUT2D eigenvalue weighted by Crippen LogP contribution is 2.24. The zero-order valence-electron chi connectivity index (χ0n) is 7.94. The lowest BCUT2D eigenvalue weighted by Crippen LogP contribution is -1.85. The van der Waals surface area contributed by atoms with E-state index in [-0.39, 0.29) is 5.82 Å². The smallest absolute Gasteiger partial charge is 0.149 e. The Balaban J connectivity index is 2.60. The molecule has 2 aromatic carbocycles. The molecule has 1 heterocycles. The van der Waals surface area contributed by atoms with Crippen LogP contribution in [-0.2, 0) is 0 Å². The molecule has 1 nitrogen and oxygen atoms in total. The number of hydrogen-bond donors (Lipinski definition) is 0. The molecule has 3 rings (SSSR count). The van der Waals surface area contributed by atoms with E-state index in [0.29, 0.717) is 5.52 Å². The second kappa shape index (κ2) is 3.02. The Bertz CT molecular complexity index is 646. The van der Waals surface area contributed by atoms with Gasteiger partial charge in [0.05, 0.1) is 0 Å². The van der Waals surface area contributed by atoms with Gasteiger partial charge in [-0.2, -0.15) is 0 Å². The molecule has 0 unspecified atom stereocenters. The summed E-state index contributed by atoms with van der Waals surface area (Å²) in [5.41, 5.74) is 0.441. The first kappa shape index (κ1) is 8.36. The normalized spacial score (nSPS) is 11.0. The summed E-state index contributed by atoms with van der Waals surface area (Å²) in [4.78, 5) is 4.13. The molecule has 0 bridgehead atoms. The Morgan fingerprint density at radius 1 is 0.867 bits per heavy atom. The van der Waals surface area contributed by atoms with Crippen LogP contribution in [0.3, 0.4) is 0 Å². The van der Waals surface area contributed by atoms with E-state index in [1.165, 1.54) is 6.07 Å². The summed E-state index contributed by atoms with van der Waals surface area (Å²) in [6, 6.07) is 12.9. The molecular formula is C13H8FN. The van der Waals surface area contributed by atoms with E-state index < -0.39 is 0 Å². The fourth-order valence-electron chi connectivity index (χ4n) is 1.85. The van der Waals surface area contributed by atoms with Gasteiger partial charge in [-0.3, -0.25) is 4.98 Å². The van der Waals surface area contributed by atoms with Crippen LogP contribution in [0.2, 0.25) is 0 Å². The van der Waals surface area contributed by atoms with Crippen molar-refractivity contribution in [3.8, 4) is 0 Å². The van der Waals surface area contributed by atoms with Gasteiger partial charge >= 0.3 is 0 Å². The number of halogens is 1. The van der Waals surface area contributed by atoms with Crippen molar-refractivity contribution in [2.45, 2.75) is 0 Å². The third kappa shape index (κ3) is 1.18. The minimum absolute atomic E-state index is 0.266. The van der Waals surface area contributed by atoms with Crippen LogP contribution in [0.25, 0.3) is 21.7 Å². The van der Waals surface area contributed by atoms with E-state index in [0.717, 1.165) is 16.2 Å². The molecular weight excluding hydrogens is 189 g/mol. The third-order valence-corrected chi connectivity index (χ3v) is 2.57. The minimum atomic E-state index is -0.266. The second-order valence-corrected chi connectivity index (χ2v) is 3.48. The first-order chi connectivity index (χ1) is 7.36. The number of aromatic nitrogens is 1. The van der Waals surface area contributed by atoms with Gasteiger partial charge in [-0.05, 0) is 11.5 Å². The topological polar surface area (TPSA) is 12.9 Å². The van der Waals surface area contributed by atoms with E-state index >= 15 is 0 Å². The monoisotopic (exact) mass is 197 g/mol. The molecule has 0 saturated carbocycles. The number of pyridine rings is 1. The number of hydrogen-bond acceptors (Lipinski definition) is 1. The third-order valence-electron chi connectivity index (χ3n) is 2.57. The lowest BCUT2D eigenvalue weighted by molar-refractivity contribution is 0.637. The first-order valence-electron chi connectivity index (χ1n) is 4.78. The maximum Gasteiger partial charge on any atom is 0.149 e. The van der Waals surface area contributed by atoms with E-state index in [4.69, 9.17) is 0 Å². The molecule has 0 radical (unpaired) electrons. The summed E-state index contributed by atoms with van der Waals surface area (Å²) < 4.78 is 13.5. The second-order valence-electron chi connectivity index (χ2n) is 3.48. The average Bonchev–Trinajstić information content (AvgIpc) is 2.29. The van der Waals surface area contributed by atoms with Crippen LogP contribution in [0.1, 0.15) is 0 Å². The van der Waals surface area contributed by atoms with Gasteiger partial charge in [0, 0.05) is 17.0 Å². The van der Waals surface area contributed by atoms with Crippen LogP contribution in [0.15, 0.2) is 48.7 Å². The van der Waals surface area contributed by atoms with Crippen LogP contribution in [0.4, 0.5) is 4.39 Å². The fraction of sp³-hybridized carbons (Fsp3) is 0. The quantitative estimate of drug-likeness (QED) is 0.502. The van der Waals surface area contributed by atoms with Gasteiger partial charge in [0.15, 0.2) is 0 Å². The highest BCUT2D eigenvalue weighted by atomic mass is 19.1. The Labute approximate surface area is 86.2 Å². The van der Waals surface area contributed by atoms with Gasteiger partial charge in [-0.1, -0.05) is 36.4 Å². The van der Waals surface area contributed by atoms with Crippen LogP contribution >= 0.6 is 0 Å². The Kier molecular flexibility index (Phi) is 1.68. The number of rotatable bonds is 0. The SMILES string of the molecule is Fc1cccc2c1ncc1ccccc12. The van der Waals surface area contributed by atoms with Crippen molar-refractivity contribution in [2.24, 2.45) is 0 Å². The van der Waals surface area contributed by atoms with Gasteiger partial charge in [0.2, 0.25) is 0 Å². The Morgan fingerprint density at radius 2 is 1.67 bits per heavy atom. The zero-order valence-corrected chi connectivity index (χ0v) is 7.94. The van der Waals surface area contributed by atoms with Crippen molar-refractivity contribution in [2.75, 3.05) is 0 Å². The van der Waals surface area contributed by atoms with Crippen LogP contribution in [-0.4, -0.2) is 4.98 Å². The van der Waals surface area contributed by atoms with Gasteiger partial charge in [0.25, 0.3) is 0 Å². The van der Waals surface area contributed by atoms with E-state index in [1.54, 1.807) is 12.3 Å². The Morgan fingerprint density at radius 3 is 2.60 bits per heavy atom. The molecule has 0 amide bonds. The number of nitrogens with zero attached hydrogens (tertiary/aromatic N) is 1. The standard InChI is InChI=1S/C13H8FN/c14-12-7-3-6-11-10-5-2-1-4-9(10)8-15-13(11)12/h1-8H. The molecule has 1 aromatic heterocycles. The summed E-state index contributed by atoms with van der Waals surface area (Å²) in [5, 5.41) is 2.95. The number of para-hydroxylation sites is 1. The molecule has 72 valence electrons. The molecule has 0 spiro atoms.